The van der Waals surface area contributed by atoms with Crippen molar-refractivity contribution in [1.82, 2.24) is 0 Å². The third kappa shape index (κ3) is 30.4. The van der Waals surface area contributed by atoms with Crippen LogP contribution in [0.25, 0.3) is 0 Å². The Balaban J connectivity index is 4.31. The van der Waals surface area contributed by atoms with Gasteiger partial charge in [-0.1, -0.05) is 120 Å². The molecule has 0 unspecified atom stereocenters. The van der Waals surface area contributed by atoms with Gasteiger partial charge in [0.15, 0.2) is 6.10 Å². The highest BCUT2D eigenvalue weighted by Crippen LogP contribution is 2.09. The first-order chi connectivity index (χ1) is 21.0. The van der Waals surface area contributed by atoms with Crippen LogP contribution in [-0.4, -0.2) is 37.2 Å². The highest BCUT2D eigenvalue weighted by molar-refractivity contribution is 5.71. The van der Waals surface area contributed by atoms with Crippen LogP contribution < -0.4 is 0 Å². The Labute approximate surface area is 262 Å². The van der Waals surface area contributed by atoms with Crippen molar-refractivity contribution in [3.05, 3.63) is 60.8 Å². The molecular weight excluding hydrogens is 540 g/mol. The summed E-state index contributed by atoms with van der Waals surface area (Å²) in [6.45, 7) is 6.17. The molecule has 0 aliphatic rings. The Morgan fingerprint density at radius 1 is 0.488 bits per heavy atom. The summed E-state index contributed by atoms with van der Waals surface area (Å²) in [7, 11) is 0. The second kappa shape index (κ2) is 32.0. The Bertz CT molecular complexity index is 808. The van der Waals surface area contributed by atoms with Gasteiger partial charge in [0, 0.05) is 19.3 Å². The molecule has 0 atom stereocenters. The van der Waals surface area contributed by atoms with E-state index in [1.807, 2.05) is 0 Å². The van der Waals surface area contributed by atoms with Crippen molar-refractivity contribution in [2.45, 2.75) is 142 Å². The van der Waals surface area contributed by atoms with E-state index in [1.54, 1.807) is 0 Å². The predicted molar refractivity (Wildman–Crippen MR) is 178 cm³/mol. The molecule has 0 saturated heterocycles. The van der Waals surface area contributed by atoms with Crippen LogP contribution in [0, 0.1) is 0 Å². The number of unbranched alkanes of at least 4 members (excludes halogenated alkanes) is 7. The number of ether oxygens (including phenoxy) is 3. The Hall–Kier alpha value is -2.89. The van der Waals surface area contributed by atoms with Gasteiger partial charge in [0.2, 0.25) is 0 Å². The van der Waals surface area contributed by atoms with E-state index in [2.05, 4.69) is 81.5 Å². The van der Waals surface area contributed by atoms with Crippen molar-refractivity contribution >= 4 is 17.9 Å². The minimum absolute atomic E-state index is 0.101. The fourth-order valence-electron chi connectivity index (χ4n) is 4.00. The Morgan fingerprint density at radius 3 is 1.35 bits per heavy atom. The smallest absolute Gasteiger partial charge is 0.306 e. The lowest BCUT2D eigenvalue weighted by Gasteiger charge is -2.18. The van der Waals surface area contributed by atoms with Crippen molar-refractivity contribution in [2.75, 3.05) is 13.2 Å². The average Bonchev–Trinajstić information content (AvgIpc) is 3.00. The largest absolute Gasteiger partial charge is 0.462 e. The molecule has 6 heteroatoms. The molecule has 0 radical (unpaired) electrons. The standard InChI is InChI=1S/C37H60O6/c1-4-7-10-13-14-15-16-17-18-19-20-21-22-23-24-25-28-31-37(40)43-34(32-41-35(38)29-26-11-8-5-2)33-42-36(39)30-27-12-9-6-3/h7,10,14-15,17-18,20-21,23-24,34H,4-6,8-9,11-13,16,19,22,25-33H2,1-3H3/b10-7-,15-14-,18-17-,21-20-,24-23-. The summed E-state index contributed by atoms with van der Waals surface area (Å²) in [6.07, 6.45) is 35.9. The molecular formula is C37H60O6. The molecule has 0 heterocycles. The molecule has 6 nitrogen and oxygen atoms in total. The van der Waals surface area contributed by atoms with E-state index in [0.29, 0.717) is 19.3 Å². The quantitative estimate of drug-likeness (QED) is 0.0385. The van der Waals surface area contributed by atoms with Gasteiger partial charge in [-0.15, -0.1) is 0 Å². The predicted octanol–water partition coefficient (Wildman–Crippen LogP) is 9.85. The lowest BCUT2D eigenvalue weighted by atomic mass is 10.1. The van der Waals surface area contributed by atoms with E-state index < -0.39 is 6.10 Å². The zero-order chi connectivity index (χ0) is 31.6. The number of allylic oxidation sites excluding steroid dienone is 10. The van der Waals surface area contributed by atoms with E-state index in [1.165, 1.54) is 0 Å². The van der Waals surface area contributed by atoms with E-state index in [-0.39, 0.29) is 37.5 Å². The lowest BCUT2D eigenvalue weighted by Crippen LogP contribution is -2.30. The van der Waals surface area contributed by atoms with Crippen LogP contribution in [0.1, 0.15) is 136 Å². The topological polar surface area (TPSA) is 78.9 Å². The van der Waals surface area contributed by atoms with E-state index in [0.717, 1.165) is 89.9 Å². The second-order valence-corrected chi connectivity index (χ2v) is 10.7. The summed E-state index contributed by atoms with van der Waals surface area (Å²) in [5.74, 6) is -1.02. The van der Waals surface area contributed by atoms with Crippen LogP contribution in [-0.2, 0) is 28.6 Å². The highest BCUT2D eigenvalue weighted by Gasteiger charge is 2.19. The summed E-state index contributed by atoms with van der Waals surface area (Å²) < 4.78 is 16.2. The maximum absolute atomic E-state index is 12.4. The molecule has 0 bridgehead atoms. The SMILES string of the molecule is CC/C=C\C/C=C\C/C=C\C/C=C\C/C=C\CCCC(=O)OC(COC(=O)CCCCCC)COC(=O)CCCCCC. The van der Waals surface area contributed by atoms with Gasteiger partial charge in [0.05, 0.1) is 0 Å². The summed E-state index contributed by atoms with van der Waals surface area (Å²) in [6, 6.07) is 0. The molecule has 244 valence electrons. The van der Waals surface area contributed by atoms with Gasteiger partial charge in [-0.2, -0.15) is 0 Å². The van der Waals surface area contributed by atoms with Crippen LogP contribution in [0.4, 0.5) is 0 Å². The monoisotopic (exact) mass is 600 g/mol. The molecule has 0 aromatic heterocycles. The number of esters is 3. The van der Waals surface area contributed by atoms with Crippen LogP contribution in [0.5, 0.6) is 0 Å². The minimum atomic E-state index is -0.791. The maximum Gasteiger partial charge on any atom is 0.306 e. The van der Waals surface area contributed by atoms with E-state index >= 15 is 0 Å². The maximum atomic E-state index is 12.4. The first kappa shape index (κ1) is 40.1. The molecule has 0 spiro atoms. The molecule has 0 saturated carbocycles. The molecule has 0 N–H and O–H groups in total. The van der Waals surface area contributed by atoms with Crippen LogP contribution in [0.15, 0.2) is 60.8 Å². The number of hydrogen-bond acceptors (Lipinski definition) is 6. The van der Waals surface area contributed by atoms with E-state index in [9.17, 15) is 14.4 Å². The molecule has 0 aromatic carbocycles. The number of rotatable bonds is 28. The lowest BCUT2D eigenvalue weighted by molar-refractivity contribution is -0.167. The molecule has 0 aliphatic carbocycles. The van der Waals surface area contributed by atoms with Crippen LogP contribution in [0.2, 0.25) is 0 Å². The molecule has 0 aliphatic heterocycles. The van der Waals surface area contributed by atoms with Crippen LogP contribution in [0.3, 0.4) is 0 Å². The van der Waals surface area contributed by atoms with Crippen LogP contribution >= 0.6 is 0 Å². The minimum Gasteiger partial charge on any atom is -0.462 e. The second-order valence-electron chi connectivity index (χ2n) is 10.7. The van der Waals surface area contributed by atoms with Gasteiger partial charge >= 0.3 is 17.9 Å². The first-order valence-electron chi connectivity index (χ1n) is 16.8. The summed E-state index contributed by atoms with van der Waals surface area (Å²) >= 11 is 0. The summed E-state index contributed by atoms with van der Waals surface area (Å²) in [4.78, 5) is 36.6. The van der Waals surface area contributed by atoms with Gasteiger partial charge in [-0.25, -0.2) is 0 Å². The van der Waals surface area contributed by atoms with Gasteiger partial charge in [-0.05, 0) is 57.8 Å². The average molecular weight is 601 g/mol. The third-order valence-corrected chi connectivity index (χ3v) is 6.54. The molecule has 0 fully saturated rings. The molecule has 0 amide bonds. The zero-order valence-electron chi connectivity index (χ0n) is 27.4. The summed E-state index contributed by atoms with van der Waals surface area (Å²) in [5.41, 5.74) is 0. The Kier molecular flexibility index (Phi) is 29.9. The van der Waals surface area contributed by atoms with Gasteiger partial charge in [0.1, 0.15) is 13.2 Å². The summed E-state index contributed by atoms with van der Waals surface area (Å²) in [5, 5.41) is 0. The van der Waals surface area contributed by atoms with Crippen molar-refractivity contribution in [2.24, 2.45) is 0 Å². The molecule has 43 heavy (non-hydrogen) atoms. The van der Waals surface area contributed by atoms with Crippen molar-refractivity contribution in [1.29, 1.82) is 0 Å². The van der Waals surface area contributed by atoms with Crippen molar-refractivity contribution < 1.29 is 28.6 Å². The first-order valence-corrected chi connectivity index (χ1v) is 16.8. The third-order valence-electron chi connectivity index (χ3n) is 6.54. The van der Waals surface area contributed by atoms with Gasteiger partial charge in [0.25, 0.3) is 0 Å². The normalized spacial score (nSPS) is 12.1. The zero-order valence-corrected chi connectivity index (χ0v) is 27.4. The van der Waals surface area contributed by atoms with E-state index in [4.69, 9.17) is 14.2 Å². The highest BCUT2D eigenvalue weighted by atomic mass is 16.6. The van der Waals surface area contributed by atoms with Crippen molar-refractivity contribution in [3.63, 3.8) is 0 Å². The number of carbonyl (C=O) groups is 3. The van der Waals surface area contributed by atoms with Gasteiger partial charge in [-0.3, -0.25) is 14.4 Å². The fraction of sp³-hybridized carbons (Fsp3) is 0.649. The molecule has 0 aromatic rings. The number of hydrogen-bond donors (Lipinski definition) is 0. The van der Waals surface area contributed by atoms with Crippen molar-refractivity contribution in [3.8, 4) is 0 Å². The molecule has 0 rings (SSSR count). The van der Waals surface area contributed by atoms with Gasteiger partial charge < -0.3 is 14.2 Å². The number of carbonyl (C=O) groups excluding carboxylic acids is 3. The fourth-order valence-corrected chi connectivity index (χ4v) is 4.00. The Morgan fingerprint density at radius 2 is 0.907 bits per heavy atom.